The predicted molar refractivity (Wildman–Crippen MR) is 117 cm³/mol. The Morgan fingerprint density at radius 2 is 0.576 bits per heavy atom. The zero-order valence-electron chi connectivity index (χ0n) is 20.3. The monoisotopic (exact) mass is 500 g/mol. The predicted octanol–water partition coefficient (Wildman–Crippen LogP) is -0.474. The summed E-state index contributed by atoms with van der Waals surface area (Å²) in [4.78, 5) is 41.8. The van der Waals surface area contributed by atoms with Gasteiger partial charge in [-0.05, 0) is 75.7 Å². The van der Waals surface area contributed by atoms with Crippen LogP contribution in [0.25, 0.3) is 0 Å². The molecule has 0 fully saturated rings. The number of rotatable bonds is 12. The van der Waals surface area contributed by atoms with Crippen molar-refractivity contribution in [3.05, 3.63) is 48.6 Å². The van der Waals surface area contributed by atoms with Gasteiger partial charge in [0.05, 0.1) is 0 Å². The Morgan fingerprint density at radius 3 is 0.606 bits per heavy atom. The molecule has 0 aliphatic rings. The number of carbonyl (C=O) groups excluding carboxylic acids is 4. The van der Waals surface area contributed by atoms with Gasteiger partial charge >= 0.3 is 21.7 Å². The summed E-state index contributed by atoms with van der Waals surface area (Å²) in [6, 6.07) is 0. The topological polar surface area (TPSA) is 161 Å². The summed E-state index contributed by atoms with van der Waals surface area (Å²) >= 11 is 0. The molecule has 33 heavy (non-hydrogen) atoms. The molecule has 0 unspecified atom stereocenters. The molecule has 0 rings (SSSR count). The maximum absolute atomic E-state index is 10.4. The van der Waals surface area contributed by atoms with Crippen LogP contribution in [0.2, 0.25) is 0 Å². The molecule has 0 aliphatic heterocycles. The third kappa shape index (κ3) is 35.0. The van der Waals surface area contributed by atoms with Gasteiger partial charge in [-0.15, -0.1) is 26.4 Å². The van der Waals surface area contributed by atoms with Crippen molar-refractivity contribution >= 4 is 23.1 Å². The van der Waals surface area contributed by atoms with Crippen molar-refractivity contribution in [1.29, 1.82) is 0 Å². The Hall–Kier alpha value is -1.81. The van der Waals surface area contributed by atoms with Crippen molar-refractivity contribution in [1.82, 2.24) is 0 Å². The van der Waals surface area contributed by atoms with E-state index in [1.165, 1.54) is 0 Å². The molecular formula is C24H36O8Ti. The van der Waals surface area contributed by atoms with E-state index in [9.17, 15) is 39.6 Å². The molecule has 0 aromatic rings. The Kier molecular flexibility index (Phi) is 35.5. The molecule has 184 valence electrons. The number of hydrogen-bond acceptors (Lipinski definition) is 8. The minimum Gasteiger partial charge on any atom is -0.854 e. The van der Waals surface area contributed by atoms with Crippen molar-refractivity contribution < 1.29 is 61.3 Å². The molecular weight excluding hydrogens is 464 g/mol. The van der Waals surface area contributed by atoms with Crippen molar-refractivity contribution in [2.45, 2.75) is 53.4 Å². The smallest absolute Gasteiger partial charge is 0.854 e. The third-order valence-electron chi connectivity index (χ3n) is 3.22. The molecule has 0 amide bonds. The Labute approximate surface area is 212 Å². The molecule has 0 radical (unpaired) electrons. The molecule has 0 aromatic carbocycles. The van der Waals surface area contributed by atoms with Crippen molar-refractivity contribution in [3.8, 4) is 0 Å². The largest absolute Gasteiger partial charge is 4.00 e. The van der Waals surface area contributed by atoms with Gasteiger partial charge in [0, 0.05) is 0 Å². The van der Waals surface area contributed by atoms with E-state index >= 15 is 0 Å². The summed E-state index contributed by atoms with van der Waals surface area (Å²) in [5, 5.41) is 39.1. The summed E-state index contributed by atoms with van der Waals surface area (Å²) in [7, 11) is 0. The number of Topliss-reactive ketones (excluding diaryl/α,β-unsaturated/α-hetero) is 4. The van der Waals surface area contributed by atoms with Gasteiger partial charge in [-0.25, -0.2) is 0 Å². The fourth-order valence-electron chi connectivity index (χ4n) is 1.22. The van der Waals surface area contributed by atoms with Crippen LogP contribution in [0.3, 0.4) is 0 Å². The standard InChI is InChI=1S/4C6H9O2.Ti/c4*1-5(2)6(8)3-4-7;/h4*1,3-4H2,2H3;/q4*-1;+4. The van der Waals surface area contributed by atoms with E-state index in [4.69, 9.17) is 0 Å². The van der Waals surface area contributed by atoms with Gasteiger partial charge < -0.3 is 20.4 Å². The van der Waals surface area contributed by atoms with Crippen LogP contribution in [0.5, 0.6) is 0 Å². The van der Waals surface area contributed by atoms with E-state index in [0.29, 0.717) is 22.3 Å². The minimum atomic E-state index is -0.328. The van der Waals surface area contributed by atoms with Crippen LogP contribution in [0.15, 0.2) is 48.6 Å². The summed E-state index contributed by atoms with van der Waals surface area (Å²) in [6.07, 6.45) is 0.370. The maximum atomic E-state index is 10.4. The molecule has 9 heteroatoms. The molecule has 0 bridgehead atoms. The third-order valence-corrected chi connectivity index (χ3v) is 3.22. The molecule has 0 aromatic heterocycles. The van der Waals surface area contributed by atoms with E-state index in [1.807, 2.05) is 0 Å². The number of ketones is 4. The second-order valence-electron chi connectivity index (χ2n) is 6.63. The first-order chi connectivity index (χ1) is 14.7. The number of allylic oxidation sites excluding steroid dienone is 4. The van der Waals surface area contributed by atoms with Crippen LogP contribution in [0.1, 0.15) is 53.4 Å². The van der Waals surface area contributed by atoms with E-state index in [2.05, 4.69) is 26.3 Å². The van der Waals surface area contributed by atoms with Crippen molar-refractivity contribution in [2.75, 3.05) is 26.4 Å². The Morgan fingerprint density at radius 1 is 0.455 bits per heavy atom. The molecule has 8 nitrogen and oxygen atoms in total. The van der Waals surface area contributed by atoms with Crippen LogP contribution in [-0.2, 0) is 40.9 Å². The minimum absolute atomic E-state index is 0. The molecule has 0 spiro atoms. The van der Waals surface area contributed by atoms with E-state index in [0.717, 1.165) is 0 Å². The van der Waals surface area contributed by atoms with Crippen molar-refractivity contribution in [2.24, 2.45) is 0 Å². The summed E-state index contributed by atoms with van der Waals surface area (Å²) in [5.74, 6) is -0.500. The fraction of sp³-hybridized carbons (Fsp3) is 0.500. The SMILES string of the molecule is C=C(C)C(=O)CC[O-].C=C(C)C(=O)CC[O-].C=C(C)C(=O)CC[O-].C=C(C)C(=O)CC[O-].[Ti+4]. The molecule has 0 saturated heterocycles. The Balaban J connectivity index is -0.000000105. The van der Waals surface area contributed by atoms with Crippen LogP contribution in [-0.4, -0.2) is 49.6 Å². The zero-order chi connectivity index (χ0) is 26.3. The molecule has 0 N–H and O–H groups in total. The van der Waals surface area contributed by atoms with Gasteiger partial charge in [-0.1, -0.05) is 26.3 Å². The summed E-state index contributed by atoms with van der Waals surface area (Å²) in [5.41, 5.74) is 1.89. The molecule has 0 atom stereocenters. The van der Waals surface area contributed by atoms with E-state index in [-0.39, 0.29) is 97.0 Å². The molecule has 0 saturated carbocycles. The molecule has 0 heterocycles. The van der Waals surface area contributed by atoms with Crippen LogP contribution in [0, 0.1) is 0 Å². The van der Waals surface area contributed by atoms with Crippen LogP contribution < -0.4 is 20.4 Å². The van der Waals surface area contributed by atoms with Gasteiger partial charge in [0.1, 0.15) is 0 Å². The average molecular weight is 500 g/mol. The molecule has 0 aliphatic carbocycles. The fourth-order valence-corrected chi connectivity index (χ4v) is 1.22. The second kappa shape index (κ2) is 28.2. The van der Waals surface area contributed by atoms with Gasteiger partial charge in [0.2, 0.25) is 0 Å². The van der Waals surface area contributed by atoms with Crippen LogP contribution >= 0.6 is 0 Å². The number of hydrogen-bond donors (Lipinski definition) is 0. The van der Waals surface area contributed by atoms with E-state index in [1.54, 1.807) is 27.7 Å². The summed E-state index contributed by atoms with van der Waals surface area (Å²) < 4.78 is 0. The first-order valence-electron chi connectivity index (χ1n) is 9.80. The number of carbonyl (C=O) groups is 4. The summed E-state index contributed by atoms with van der Waals surface area (Å²) in [6.45, 7) is 18.7. The van der Waals surface area contributed by atoms with Gasteiger partial charge in [0.25, 0.3) is 0 Å². The van der Waals surface area contributed by atoms with Crippen LogP contribution in [0.4, 0.5) is 0 Å². The van der Waals surface area contributed by atoms with Gasteiger partial charge in [-0.2, -0.15) is 0 Å². The van der Waals surface area contributed by atoms with Crippen molar-refractivity contribution in [3.63, 3.8) is 0 Å². The first kappa shape index (κ1) is 41.4. The van der Waals surface area contributed by atoms with Gasteiger partial charge in [-0.3, -0.25) is 19.2 Å². The quantitative estimate of drug-likeness (QED) is 0.257. The Bertz CT molecular complexity index is 539. The average Bonchev–Trinajstić information content (AvgIpc) is 2.70. The zero-order valence-corrected chi connectivity index (χ0v) is 21.8. The first-order valence-corrected chi connectivity index (χ1v) is 9.80. The van der Waals surface area contributed by atoms with E-state index < -0.39 is 0 Å². The second-order valence-corrected chi connectivity index (χ2v) is 6.63. The maximum Gasteiger partial charge on any atom is 4.00 e. The van der Waals surface area contributed by atoms with Gasteiger partial charge in [0.15, 0.2) is 23.1 Å². The normalized spacial score (nSPS) is 8.48.